The number of nitrogens with zero attached hydrogens (tertiary/aromatic N) is 7. The Kier molecular flexibility index (Phi) is 4.93. The van der Waals surface area contributed by atoms with E-state index in [2.05, 4.69) is 38.1 Å². The molecule has 1 atom stereocenters. The number of hydrogen-bond donors (Lipinski definition) is 0. The number of anilines is 2. The zero-order valence-electron chi connectivity index (χ0n) is 16.9. The molecule has 7 heteroatoms. The highest BCUT2D eigenvalue weighted by atomic mass is 15.3. The predicted molar refractivity (Wildman–Crippen MR) is 118 cm³/mol. The van der Waals surface area contributed by atoms with Crippen molar-refractivity contribution in [2.75, 3.05) is 29.9 Å². The number of likely N-dealkylation sites (N-methyl/N-ethyl adjacent to an activating group) is 1. The summed E-state index contributed by atoms with van der Waals surface area (Å²) in [7, 11) is 2.13. The van der Waals surface area contributed by atoms with Crippen LogP contribution in [0.5, 0.6) is 0 Å². The highest BCUT2D eigenvalue weighted by molar-refractivity contribution is 5.91. The van der Waals surface area contributed by atoms with E-state index in [4.69, 9.17) is 9.97 Å². The van der Waals surface area contributed by atoms with E-state index in [9.17, 15) is 0 Å². The normalized spacial score (nSPS) is 16.6. The van der Waals surface area contributed by atoms with Crippen LogP contribution in [0.1, 0.15) is 12.8 Å². The van der Waals surface area contributed by atoms with E-state index >= 15 is 0 Å². The molecule has 0 spiro atoms. The molecule has 4 aromatic rings. The van der Waals surface area contributed by atoms with Gasteiger partial charge in [0.25, 0.3) is 0 Å². The molecule has 7 nitrogen and oxygen atoms in total. The van der Waals surface area contributed by atoms with Gasteiger partial charge in [0.1, 0.15) is 5.82 Å². The first kappa shape index (κ1) is 18.4. The molecule has 0 radical (unpaired) electrons. The minimum Gasteiger partial charge on any atom is -0.354 e. The molecule has 1 unspecified atom stereocenters. The molecule has 1 fully saturated rings. The molecule has 1 saturated heterocycles. The van der Waals surface area contributed by atoms with Crippen molar-refractivity contribution in [3.8, 4) is 11.4 Å². The fourth-order valence-electron chi connectivity index (χ4n) is 4.07. The number of rotatable bonds is 4. The maximum atomic E-state index is 4.98. The summed E-state index contributed by atoms with van der Waals surface area (Å²) in [4.78, 5) is 18.5. The quantitative estimate of drug-likeness (QED) is 0.521. The molecule has 5 rings (SSSR count). The molecule has 0 saturated carbocycles. The highest BCUT2D eigenvalue weighted by Gasteiger charge is 2.26. The van der Waals surface area contributed by atoms with Gasteiger partial charge in [-0.2, -0.15) is 5.10 Å². The van der Waals surface area contributed by atoms with Gasteiger partial charge in [0, 0.05) is 55.7 Å². The summed E-state index contributed by atoms with van der Waals surface area (Å²) < 4.78 is 0. The Morgan fingerprint density at radius 3 is 2.67 bits per heavy atom. The van der Waals surface area contributed by atoms with E-state index < -0.39 is 0 Å². The van der Waals surface area contributed by atoms with Gasteiger partial charge in [-0.3, -0.25) is 4.98 Å². The second-order valence-corrected chi connectivity index (χ2v) is 7.56. The third kappa shape index (κ3) is 3.54. The van der Waals surface area contributed by atoms with Gasteiger partial charge in [0.15, 0.2) is 11.6 Å². The Hall–Kier alpha value is -3.61. The van der Waals surface area contributed by atoms with Crippen LogP contribution in [0.25, 0.3) is 22.3 Å². The van der Waals surface area contributed by atoms with Crippen LogP contribution in [-0.4, -0.2) is 51.3 Å². The minimum absolute atomic E-state index is 0.323. The number of fused-ring (bicyclic) bond motifs is 1. The van der Waals surface area contributed by atoms with Crippen LogP contribution in [0.4, 0.5) is 11.6 Å². The smallest absolute Gasteiger partial charge is 0.162 e. The van der Waals surface area contributed by atoms with E-state index in [0.29, 0.717) is 6.04 Å². The molecular weight excluding hydrogens is 374 g/mol. The number of hydrogen-bond acceptors (Lipinski definition) is 7. The minimum atomic E-state index is 0.323. The predicted octanol–water partition coefficient (Wildman–Crippen LogP) is 3.59. The van der Waals surface area contributed by atoms with Gasteiger partial charge in [-0.15, -0.1) is 5.10 Å². The molecule has 1 aliphatic rings. The van der Waals surface area contributed by atoms with Crippen LogP contribution in [0.3, 0.4) is 0 Å². The van der Waals surface area contributed by atoms with Crippen molar-refractivity contribution in [1.29, 1.82) is 0 Å². The molecule has 150 valence electrons. The zero-order chi connectivity index (χ0) is 20.3. The maximum Gasteiger partial charge on any atom is 0.162 e. The van der Waals surface area contributed by atoms with Crippen molar-refractivity contribution in [2.45, 2.75) is 18.9 Å². The van der Waals surface area contributed by atoms with Crippen molar-refractivity contribution in [3.63, 3.8) is 0 Å². The molecule has 0 aliphatic carbocycles. The standard InChI is InChI=1S/C23H23N7/c1-29(18-6-5-15-30(16-18)21-9-4-12-25-28-21)23-19-7-2-3-8-20(19)26-22(27-23)17-10-13-24-14-11-17/h2-4,7-14,18H,5-6,15-16H2,1H3. The first-order valence-electron chi connectivity index (χ1n) is 10.2. The lowest BCUT2D eigenvalue weighted by atomic mass is 10.0. The summed E-state index contributed by atoms with van der Waals surface area (Å²) in [5.74, 6) is 2.61. The summed E-state index contributed by atoms with van der Waals surface area (Å²) in [5, 5.41) is 9.41. The first-order chi connectivity index (χ1) is 14.8. The zero-order valence-corrected chi connectivity index (χ0v) is 16.9. The Balaban J connectivity index is 1.51. The fourth-order valence-corrected chi connectivity index (χ4v) is 4.07. The van der Waals surface area contributed by atoms with Crippen molar-refractivity contribution in [3.05, 3.63) is 67.1 Å². The Morgan fingerprint density at radius 1 is 0.967 bits per heavy atom. The van der Waals surface area contributed by atoms with Crippen LogP contribution >= 0.6 is 0 Å². The third-order valence-electron chi connectivity index (χ3n) is 5.68. The van der Waals surface area contributed by atoms with Gasteiger partial charge in [-0.1, -0.05) is 12.1 Å². The molecule has 1 aromatic carbocycles. The maximum absolute atomic E-state index is 4.98. The van der Waals surface area contributed by atoms with Crippen molar-refractivity contribution in [2.24, 2.45) is 0 Å². The van der Waals surface area contributed by atoms with Crippen LogP contribution < -0.4 is 9.80 Å². The van der Waals surface area contributed by atoms with Gasteiger partial charge in [-0.25, -0.2) is 9.97 Å². The number of para-hydroxylation sites is 1. The molecule has 30 heavy (non-hydrogen) atoms. The summed E-state index contributed by atoms with van der Waals surface area (Å²) in [5.41, 5.74) is 1.91. The number of pyridine rings is 1. The lowest BCUT2D eigenvalue weighted by Crippen LogP contribution is -2.47. The topological polar surface area (TPSA) is 70.9 Å². The number of benzene rings is 1. The first-order valence-corrected chi connectivity index (χ1v) is 10.2. The summed E-state index contributed by atoms with van der Waals surface area (Å²) in [6.07, 6.45) is 7.47. The fraction of sp³-hybridized carbons (Fsp3) is 0.261. The SMILES string of the molecule is CN(c1nc(-c2ccncc2)nc2ccccc12)C1CCCN(c2cccnn2)C1. The van der Waals surface area contributed by atoms with Gasteiger partial charge >= 0.3 is 0 Å². The van der Waals surface area contributed by atoms with Gasteiger partial charge in [0.2, 0.25) is 0 Å². The molecule has 0 bridgehead atoms. The van der Waals surface area contributed by atoms with Gasteiger partial charge in [0.05, 0.1) is 5.52 Å². The van der Waals surface area contributed by atoms with Crippen molar-refractivity contribution in [1.82, 2.24) is 25.1 Å². The van der Waals surface area contributed by atoms with Crippen LogP contribution in [0.2, 0.25) is 0 Å². The van der Waals surface area contributed by atoms with E-state index in [-0.39, 0.29) is 0 Å². The third-order valence-corrected chi connectivity index (χ3v) is 5.68. The monoisotopic (exact) mass is 397 g/mol. The lowest BCUT2D eigenvalue weighted by molar-refractivity contribution is 0.483. The molecule has 0 N–H and O–H groups in total. The van der Waals surface area contributed by atoms with Crippen LogP contribution in [-0.2, 0) is 0 Å². The summed E-state index contributed by atoms with van der Waals surface area (Å²) in [6.45, 7) is 1.88. The second kappa shape index (κ2) is 8.02. The Morgan fingerprint density at radius 2 is 1.83 bits per heavy atom. The molecule has 4 heterocycles. The molecular formula is C23H23N7. The van der Waals surface area contributed by atoms with E-state index in [1.807, 2.05) is 42.5 Å². The molecule has 0 amide bonds. The van der Waals surface area contributed by atoms with Crippen LogP contribution in [0.15, 0.2) is 67.1 Å². The number of aromatic nitrogens is 5. The number of piperidine rings is 1. The molecule has 1 aliphatic heterocycles. The van der Waals surface area contributed by atoms with E-state index in [1.54, 1.807) is 18.6 Å². The average molecular weight is 397 g/mol. The average Bonchev–Trinajstić information content (AvgIpc) is 2.84. The summed E-state index contributed by atoms with van der Waals surface area (Å²) in [6, 6.07) is 16.4. The van der Waals surface area contributed by atoms with Crippen molar-refractivity contribution < 1.29 is 0 Å². The largest absolute Gasteiger partial charge is 0.354 e. The second-order valence-electron chi connectivity index (χ2n) is 7.56. The lowest BCUT2D eigenvalue weighted by Gasteiger charge is -2.38. The van der Waals surface area contributed by atoms with Gasteiger partial charge in [-0.05, 0) is 49.2 Å². The highest BCUT2D eigenvalue weighted by Crippen LogP contribution is 2.30. The van der Waals surface area contributed by atoms with E-state index in [0.717, 1.165) is 59.9 Å². The Bertz CT molecular complexity index is 1130. The molecule has 3 aromatic heterocycles. The van der Waals surface area contributed by atoms with E-state index in [1.165, 1.54) is 0 Å². The summed E-state index contributed by atoms with van der Waals surface area (Å²) >= 11 is 0. The van der Waals surface area contributed by atoms with Crippen molar-refractivity contribution >= 4 is 22.5 Å². The Labute approximate surface area is 175 Å². The van der Waals surface area contributed by atoms with Crippen LogP contribution in [0, 0.1) is 0 Å². The van der Waals surface area contributed by atoms with Gasteiger partial charge < -0.3 is 9.80 Å².